The molecule has 1 aliphatic heterocycles. The minimum absolute atomic E-state index is 0.0336. The first-order valence-corrected chi connectivity index (χ1v) is 6.80. The third-order valence-corrected chi connectivity index (χ3v) is 4.16. The average Bonchev–Trinajstić information content (AvgIpc) is 2.70. The van der Waals surface area contributed by atoms with Gasteiger partial charge in [0.15, 0.2) is 0 Å². The summed E-state index contributed by atoms with van der Waals surface area (Å²) in [7, 11) is -1.63. The van der Waals surface area contributed by atoms with Crippen LogP contribution >= 0.6 is 0 Å². The van der Waals surface area contributed by atoms with E-state index in [0.717, 1.165) is 12.1 Å². The van der Waals surface area contributed by atoms with E-state index in [-0.39, 0.29) is 12.4 Å². The maximum absolute atomic E-state index is 12.7. The summed E-state index contributed by atoms with van der Waals surface area (Å²) in [5.41, 5.74) is -0.647. The number of carboxylic acids is 1. The number of hydrogen-bond acceptors (Lipinski definition) is 3. The van der Waals surface area contributed by atoms with Gasteiger partial charge in [-0.05, 0) is 18.2 Å². The van der Waals surface area contributed by atoms with Crippen molar-refractivity contribution >= 4 is 22.6 Å². The molecule has 0 saturated carbocycles. The molecule has 5 nitrogen and oxygen atoms in total. The normalized spacial score (nSPS) is 23.1. The van der Waals surface area contributed by atoms with Gasteiger partial charge in [-0.2, -0.15) is 13.2 Å². The molecule has 9 heteroatoms. The van der Waals surface area contributed by atoms with E-state index >= 15 is 0 Å². The highest BCUT2D eigenvalue weighted by Gasteiger charge is 2.35. The topological polar surface area (TPSA) is 69.6 Å². The number of nitrogens with one attached hydrogen (secondary N) is 1. The number of carbonyl (C=O) groups is 1. The number of aliphatic carboxylic acids is 1. The Morgan fingerprint density at radius 1 is 1.50 bits per heavy atom. The van der Waals surface area contributed by atoms with E-state index in [0.29, 0.717) is 0 Å². The molecule has 2 atom stereocenters. The Morgan fingerprint density at radius 2 is 2.20 bits per heavy atom. The first-order chi connectivity index (χ1) is 9.29. The van der Waals surface area contributed by atoms with E-state index < -0.39 is 40.5 Å². The lowest BCUT2D eigenvalue weighted by atomic mass is 10.2. The second-order valence-electron chi connectivity index (χ2n) is 4.17. The third-order valence-electron chi connectivity index (χ3n) is 2.83. The fourth-order valence-corrected chi connectivity index (χ4v) is 3.08. The molecule has 0 amide bonds. The molecule has 0 spiro atoms. The Bertz CT molecular complexity index is 550. The van der Waals surface area contributed by atoms with E-state index in [1.54, 1.807) is 0 Å². The average molecular weight is 308 g/mol. The van der Waals surface area contributed by atoms with E-state index in [4.69, 9.17) is 5.11 Å². The van der Waals surface area contributed by atoms with Crippen molar-refractivity contribution in [2.24, 2.45) is 0 Å². The summed E-state index contributed by atoms with van der Waals surface area (Å²) in [5.74, 6) is -1.16. The Balaban J connectivity index is 2.30. The van der Waals surface area contributed by atoms with Gasteiger partial charge in [-0.15, -0.1) is 0 Å². The lowest BCUT2D eigenvalue weighted by Crippen LogP contribution is -2.33. The van der Waals surface area contributed by atoms with Crippen LogP contribution in [0.5, 0.6) is 0 Å². The maximum Gasteiger partial charge on any atom is 0.416 e. The Morgan fingerprint density at radius 3 is 2.80 bits per heavy atom. The van der Waals surface area contributed by atoms with Crippen LogP contribution in [0, 0.1) is 0 Å². The molecular weight excluding hydrogens is 297 g/mol. The third kappa shape index (κ3) is 3.10. The highest BCUT2D eigenvalue weighted by atomic mass is 32.2. The van der Waals surface area contributed by atoms with Crippen molar-refractivity contribution in [2.75, 3.05) is 11.6 Å². The summed E-state index contributed by atoms with van der Waals surface area (Å²) in [6.07, 6.45) is -4.90. The molecule has 1 saturated heterocycles. The molecule has 1 fully saturated rings. The van der Waals surface area contributed by atoms with Gasteiger partial charge in [-0.25, -0.2) is 8.93 Å². The first-order valence-electron chi connectivity index (χ1n) is 5.59. The van der Waals surface area contributed by atoms with Crippen LogP contribution in [0.15, 0.2) is 24.3 Å². The zero-order chi connectivity index (χ0) is 14.9. The van der Waals surface area contributed by atoms with E-state index in [9.17, 15) is 22.2 Å². The molecule has 0 radical (unpaired) electrons. The fourth-order valence-electron chi connectivity index (χ4n) is 1.90. The predicted octanol–water partition coefficient (Wildman–Crippen LogP) is 1.54. The molecule has 1 heterocycles. The molecule has 20 heavy (non-hydrogen) atoms. The van der Waals surface area contributed by atoms with Gasteiger partial charge in [-0.1, -0.05) is 6.07 Å². The highest BCUT2D eigenvalue weighted by molar-refractivity contribution is 7.84. The van der Waals surface area contributed by atoms with Gasteiger partial charge in [0.25, 0.3) is 0 Å². The van der Waals surface area contributed by atoms with Crippen LogP contribution in [0.3, 0.4) is 0 Å². The Kier molecular flexibility index (Phi) is 4.00. The van der Waals surface area contributed by atoms with Crippen LogP contribution in [-0.4, -0.2) is 27.3 Å². The number of hydrogen-bond donors (Lipinski definition) is 2. The highest BCUT2D eigenvalue weighted by Crippen LogP contribution is 2.33. The van der Waals surface area contributed by atoms with Crippen LogP contribution in [0.1, 0.15) is 12.0 Å². The van der Waals surface area contributed by atoms with Crippen molar-refractivity contribution in [3.63, 3.8) is 0 Å². The predicted molar refractivity (Wildman–Crippen MR) is 66.1 cm³/mol. The summed E-state index contributed by atoms with van der Waals surface area (Å²) in [5, 5.41) is 7.88. The van der Waals surface area contributed by atoms with E-state index in [1.165, 1.54) is 17.0 Å². The van der Waals surface area contributed by atoms with Crippen molar-refractivity contribution in [1.29, 1.82) is 0 Å². The van der Waals surface area contributed by atoms with E-state index in [2.05, 4.69) is 4.72 Å². The number of alkyl halides is 3. The van der Waals surface area contributed by atoms with Crippen molar-refractivity contribution < 1.29 is 27.3 Å². The molecule has 2 unspecified atom stereocenters. The molecule has 2 rings (SSSR count). The second kappa shape index (κ2) is 5.41. The van der Waals surface area contributed by atoms with Crippen molar-refractivity contribution in [1.82, 2.24) is 4.72 Å². The Hall–Kier alpha value is -1.61. The van der Waals surface area contributed by atoms with Gasteiger partial charge in [0.1, 0.15) is 16.4 Å². The number of anilines is 1. The van der Waals surface area contributed by atoms with Gasteiger partial charge in [0.2, 0.25) is 0 Å². The van der Waals surface area contributed by atoms with Gasteiger partial charge in [0, 0.05) is 5.69 Å². The number of carboxylic acid groups (broad SMARTS) is 1. The maximum atomic E-state index is 12.7. The summed E-state index contributed by atoms with van der Waals surface area (Å²) in [6.45, 7) is 0.0336. The largest absolute Gasteiger partial charge is 0.481 e. The number of benzene rings is 1. The molecule has 2 N–H and O–H groups in total. The fraction of sp³-hybridized carbons (Fsp3) is 0.364. The monoisotopic (exact) mass is 308 g/mol. The summed E-state index contributed by atoms with van der Waals surface area (Å²) < 4.78 is 52.1. The molecule has 1 aromatic rings. The van der Waals surface area contributed by atoms with Gasteiger partial charge in [-0.3, -0.25) is 4.79 Å². The molecule has 1 aromatic carbocycles. The van der Waals surface area contributed by atoms with Crippen molar-refractivity contribution in [2.45, 2.75) is 18.0 Å². The second-order valence-corrected chi connectivity index (χ2v) is 5.60. The quantitative estimate of drug-likeness (QED) is 0.888. The minimum atomic E-state index is -4.48. The summed E-state index contributed by atoms with van der Waals surface area (Å²) in [4.78, 5) is 12.1. The van der Waals surface area contributed by atoms with Crippen LogP contribution < -0.4 is 9.62 Å². The number of halogens is 3. The number of nitrogens with zero attached hydrogens (tertiary/aromatic N) is 1. The first kappa shape index (κ1) is 14.8. The smallest absolute Gasteiger partial charge is 0.416 e. The lowest BCUT2D eigenvalue weighted by Gasteiger charge is -2.23. The number of rotatable bonds is 3. The molecule has 1 aliphatic rings. The standard InChI is InChI=1S/C11H11F3N2O3S/c12-11(13,14)7-2-1-3-8(4-7)16-6-15-20(19)9(16)5-10(17)18/h1-4,9,15H,5-6H2,(H,17,18). The zero-order valence-electron chi connectivity index (χ0n) is 10.1. The molecule has 110 valence electrons. The lowest BCUT2D eigenvalue weighted by molar-refractivity contribution is -0.138. The zero-order valence-corrected chi connectivity index (χ0v) is 10.9. The summed E-state index contributed by atoms with van der Waals surface area (Å²) in [6, 6.07) is 4.50. The molecular formula is C11H11F3N2O3S. The van der Waals surface area contributed by atoms with Crippen LogP contribution in [0.25, 0.3) is 0 Å². The molecule has 0 aliphatic carbocycles. The van der Waals surface area contributed by atoms with Crippen LogP contribution in [-0.2, 0) is 22.0 Å². The van der Waals surface area contributed by atoms with Crippen molar-refractivity contribution in [3.8, 4) is 0 Å². The van der Waals surface area contributed by atoms with Crippen LogP contribution in [0.2, 0.25) is 0 Å². The molecule has 0 bridgehead atoms. The molecule has 0 aromatic heterocycles. The van der Waals surface area contributed by atoms with Crippen LogP contribution in [0.4, 0.5) is 18.9 Å². The van der Waals surface area contributed by atoms with Gasteiger partial charge in [0.05, 0.1) is 18.7 Å². The van der Waals surface area contributed by atoms with E-state index in [1.807, 2.05) is 0 Å². The van der Waals surface area contributed by atoms with Crippen molar-refractivity contribution in [3.05, 3.63) is 29.8 Å². The SMILES string of the molecule is O=C(O)CC1N(c2cccc(C(F)(F)F)c2)CNS1=O. The van der Waals surface area contributed by atoms with Gasteiger partial charge < -0.3 is 10.0 Å². The minimum Gasteiger partial charge on any atom is -0.481 e. The summed E-state index contributed by atoms with van der Waals surface area (Å²) >= 11 is 0. The Labute approximate surface area is 115 Å². The van der Waals surface area contributed by atoms with Gasteiger partial charge >= 0.3 is 12.1 Å².